The summed E-state index contributed by atoms with van der Waals surface area (Å²) in [5, 5.41) is 17.7. The molecule has 0 unspecified atom stereocenters. The number of alkyl halides is 3. The van der Waals surface area contributed by atoms with Crippen molar-refractivity contribution in [3.8, 4) is 11.5 Å². The van der Waals surface area contributed by atoms with Gasteiger partial charge in [-0.3, -0.25) is 15.5 Å². The van der Waals surface area contributed by atoms with Crippen LogP contribution in [0.2, 0.25) is 0 Å². The quantitative estimate of drug-likeness (QED) is 0.316. The highest BCUT2D eigenvalue weighted by Gasteiger charge is 2.30. The van der Waals surface area contributed by atoms with Gasteiger partial charge in [-0.05, 0) is 37.3 Å². The van der Waals surface area contributed by atoms with Crippen LogP contribution in [-0.4, -0.2) is 16.1 Å². The molecule has 3 aromatic rings. The summed E-state index contributed by atoms with van der Waals surface area (Å²) in [5.41, 5.74) is 2.62. The number of hydrazone groups is 1. The van der Waals surface area contributed by atoms with Crippen molar-refractivity contribution in [2.75, 3.05) is 5.43 Å². The van der Waals surface area contributed by atoms with Crippen LogP contribution in [0.5, 0.6) is 11.5 Å². The molecule has 0 atom stereocenters. The van der Waals surface area contributed by atoms with Crippen molar-refractivity contribution in [2.24, 2.45) is 5.10 Å². The summed E-state index contributed by atoms with van der Waals surface area (Å²) in [4.78, 5) is 14.8. The molecule has 0 saturated carbocycles. The molecule has 0 aliphatic heterocycles. The molecule has 0 bridgehead atoms. The smallest absolute Gasteiger partial charge is 0.416 e. The Kier molecular flexibility index (Phi) is 5.78. The minimum absolute atomic E-state index is 0.162. The summed E-state index contributed by atoms with van der Waals surface area (Å²) >= 11 is 1.35. The third kappa shape index (κ3) is 5.29. The van der Waals surface area contributed by atoms with Crippen molar-refractivity contribution in [3.05, 3.63) is 74.8 Å². The second kappa shape index (κ2) is 8.27. The van der Waals surface area contributed by atoms with Crippen molar-refractivity contribution in [2.45, 2.75) is 13.1 Å². The number of aryl methyl sites for hydroxylation is 1. The van der Waals surface area contributed by atoms with Gasteiger partial charge in [-0.2, -0.15) is 18.3 Å². The standard InChI is InChI=1S/C18H13F3N4O3S/c1-11-10-29-17(23-11)24-22-9-12-5-6-16(15(7-12)25(26)27)28-14-4-2-3-13(8-14)18(19,20)21/h2-10H,1H3,(H,23,24). The van der Waals surface area contributed by atoms with Crippen LogP contribution in [0.3, 0.4) is 0 Å². The molecule has 0 spiro atoms. The van der Waals surface area contributed by atoms with Crippen LogP contribution in [-0.2, 0) is 6.18 Å². The van der Waals surface area contributed by atoms with E-state index in [4.69, 9.17) is 4.74 Å². The Bertz CT molecular complexity index is 1070. The lowest BCUT2D eigenvalue weighted by molar-refractivity contribution is -0.385. The van der Waals surface area contributed by atoms with E-state index in [2.05, 4.69) is 15.5 Å². The maximum absolute atomic E-state index is 12.8. The maximum atomic E-state index is 12.8. The Morgan fingerprint density at radius 1 is 1.28 bits per heavy atom. The van der Waals surface area contributed by atoms with Crippen LogP contribution in [0.15, 0.2) is 52.9 Å². The van der Waals surface area contributed by atoms with E-state index >= 15 is 0 Å². The summed E-state index contributed by atoms with van der Waals surface area (Å²) in [6.45, 7) is 1.83. The van der Waals surface area contributed by atoms with Gasteiger partial charge in [0.15, 0.2) is 0 Å². The number of rotatable bonds is 6. The zero-order chi connectivity index (χ0) is 21.0. The van der Waals surface area contributed by atoms with Gasteiger partial charge < -0.3 is 4.74 Å². The largest absolute Gasteiger partial charge is 0.450 e. The van der Waals surface area contributed by atoms with E-state index in [9.17, 15) is 23.3 Å². The van der Waals surface area contributed by atoms with E-state index in [1.807, 2.05) is 12.3 Å². The Morgan fingerprint density at radius 3 is 2.72 bits per heavy atom. The number of aromatic nitrogens is 1. The summed E-state index contributed by atoms with van der Waals surface area (Å²) < 4.78 is 43.8. The van der Waals surface area contributed by atoms with Crippen LogP contribution in [0.4, 0.5) is 24.0 Å². The fourth-order valence-corrected chi connectivity index (χ4v) is 2.91. The predicted molar refractivity (Wildman–Crippen MR) is 103 cm³/mol. The Balaban J connectivity index is 1.80. The Morgan fingerprint density at radius 2 is 2.07 bits per heavy atom. The van der Waals surface area contributed by atoms with Crippen LogP contribution >= 0.6 is 11.3 Å². The van der Waals surface area contributed by atoms with Gasteiger partial charge in [-0.1, -0.05) is 6.07 Å². The number of halogens is 3. The molecule has 0 saturated heterocycles. The van der Waals surface area contributed by atoms with E-state index in [1.165, 1.54) is 41.8 Å². The molecule has 3 rings (SSSR count). The first-order chi connectivity index (χ1) is 13.7. The number of thiazole rings is 1. The van der Waals surface area contributed by atoms with E-state index in [0.29, 0.717) is 10.7 Å². The van der Waals surface area contributed by atoms with Gasteiger partial charge in [0.05, 0.1) is 22.4 Å². The van der Waals surface area contributed by atoms with Gasteiger partial charge >= 0.3 is 11.9 Å². The van der Waals surface area contributed by atoms with Gasteiger partial charge in [0.1, 0.15) is 5.75 Å². The minimum atomic E-state index is -4.55. The van der Waals surface area contributed by atoms with Crippen molar-refractivity contribution >= 4 is 28.4 Å². The molecular weight excluding hydrogens is 409 g/mol. The molecule has 0 aliphatic rings. The third-order valence-corrected chi connectivity index (χ3v) is 4.43. The molecule has 7 nitrogen and oxygen atoms in total. The first kappa shape index (κ1) is 20.3. The highest BCUT2D eigenvalue weighted by Crippen LogP contribution is 2.35. The van der Waals surface area contributed by atoms with Gasteiger partial charge in [0.2, 0.25) is 10.9 Å². The number of hydrogen-bond donors (Lipinski definition) is 1. The average molecular weight is 422 g/mol. The van der Waals surface area contributed by atoms with E-state index in [0.717, 1.165) is 23.9 Å². The number of hydrogen-bond acceptors (Lipinski definition) is 7. The molecule has 0 radical (unpaired) electrons. The number of benzene rings is 2. The lowest BCUT2D eigenvalue weighted by Gasteiger charge is -2.10. The molecular formula is C18H13F3N4O3S. The van der Waals surface area contributed by atoms with E-state index in [1.54, 1.807) is 0 Å². The fourth-order valence-electron chi connectivity index (χ4n) is 2.27. The maximum Gasteiger partial charge on any atom is 0.416 e. The SMILES string of the molecule is Cc1csc(NN=Cc2ccc(Oc3cccc(C(F)(F)F)c3)c([N+](=O)[O-])c2)n1. The third-order valence-electron chi connectivity index (χ3n) is 3.56. The van der Waals surface area contributed by atoms with Crippen molar-refractivity contribution in [3.63, 3.8) is 0 Å². The second-order valence-corrected chi connectivity index (χ2v) is 6.63. The second-order valence-electron chi connectivity index (χ2n) is 5.78. The van der Waals surface area contributed by atoms with Crippen molar-refractivity contribution in [1.29, 1.82) is 0 Å². The van der Waals surface area contributed by atoms with Gasteiger partial charge in [0, 0.05) is 17.0 Å². The molecule has 150 valence electrons. The Labute approximate surface area is 166 Å². The number of nitrogens with one attached hydrogen (secondary N) is 1. The summed E-state index contributed by atoms with van der Waals surface area (Å²) in [7, 11) is 0. The van der Waals surface area contributed by atoms with E-state index in [-0.39, 0.29) is 11.5 Å². The van der Waals surface area contributed by atoms with Gasteiger partial charge in [-0.25, -0.2) is 4.98 Å². The zero-order valence-corrected chi connectivity index (χ0v) is 15.6. The van der Waals surface area contributed by atoms with Crippen LogP contribution < -0.4 is 10.2 Å². The molecule has 2 aromatic carbocycles. The number of nitrogens with zero attached hydrogens (tertiary/aromatic N) is 3. The summed E-state index contributed by atoms with van der Waals surface area (Å²) in [6, 6.07) is 8.12. The molecule has 29 heavy (non-hydrogen) atoms. The first-order valence-electron chi connectivity index (χ1n) is 8.07. The molecule has 0 aliphatic carbocycles. The predicted octanol–water partition coefficient (Wildman–Crippen LogP) is 5.62. The summed E-state index contributed by atoms with van der Waals surface area (Å²) in [6.07, 6.45) is -3.19. The van der Waals surface area contributed by atoms with Gasteiger partial charge in [0.25, 0.3) is 0 Å². The van der Waals surface area contributed by atoms with Gasteiger partial charge in [-0.15, -0.1) is 11.3 Å². The average Bonchev–Trinajstić information content (AvgIpc) is 3.07. The lowest BCUT2D eigenvalue weighted by Crippen LogP contribution is -2.04. The first-order valence-corrected chi connectivity index (χ1v) is 8.95. The Hall–Kier alpha value is -3.47. The normalized spacial score (nSPS) is 11.6. The highest BCUT2D eigenvalue weighted by atomic mass is 32.1. The van der Waals surface area contributed by atoms with Crippen LogP contribution in [0.1, 0.15) is 16.8 Å². The van der Waals surface area contributed by atoms with Crippen LogP contribution in [0.25, 0.3) is 0 Å². The topological polar surface area (TPSA) is 89.7 Å². The molecule has 0 fully saturated rings. The molecule has 1 N–H and O–H groups in total. The monoisotopic (exact) mass is 422 g/mol. The molecule has 1 aromatic heterocycles. The summed E-state index contributed by atoms with van der Waals surface area (Å²) in [5.74, 6) is -0.347. The minimum Gasteiger partial charge on any atom is -0.450 e. The molecule has 0 amide bonds. The zero-order valence-electron chi connectivity index (χ0n) is 14.8. The number of ether oxygens (including phenoxy) is 1. The number of nitro groups is 1. The van der Waals surface area contributed by atoms with Crippen LogP contribution in [0, 0.1) is 17.0 Å². The molecule has 1 heterocycles. The van der Waals surface area contributed by atoms with Crippen molar-refractivity contribution in [1.82, 2.24) is 4.98 Å². The van der Waals surface area contributed by atoms with Crippen molar-refractivity contribution < 1.29 is 22.8 Å². The highest BCUT2D eigenvalue weighted by molar-refractivity contribution is 7.13. The number of nitro benzene ring substituents is 1. The molecule has 11 heteroatoms. The lowest BCUT2D eigenvalue weighted by atomic mass is 10.2. The number of anilines is 1. The fraction of sp³-hybridized carbons (Fsp3) is 0.111. The van der Waals surface area contributed by atoms with E-state index < -0.39 is 22.4 Å².